The van der Waals surface area contributed by atoms with Crippen molar-refractivity contribution in [2.24, 2.45) is 0 Å². The number of phenols is 1. The number of carboxylic acid groups (broad SMARTS) is 1. The van der Waals surface area contributed by atoms with E-state index in [2.05, 4.69) is 4.74 Å². The topological polar surface area (TPSA) is 147 Å². The van der Waals surface area contributed by atoms with Gasteiger partial charge in [0.15, 0.2) is 17.6 Å². The Hall–Kier alpha value is -2.94. The maximum atomic E-state index is 11.6. The predicted octanol–water partition coefficient (Wildman–Crippen LogP) is -0.582. The SMILES string of the molecule is COc1cc(CC(=O)C(=O)OC(=O)C(O)CC(=O)O)ccc1O. The van der Waals surface area contributed by atoms with Gasteiger partial charge in [-0.15, -0.1) is 0 Å². The van der Waals surface area contributed by atoms with Gasteiger partial charge in [0.05, 0.1) is 13.5 Å². The first-order valence-corrected chi connectivity index (χ1v) is 6.29. The van der Waals surface area contributed by atoms with Crippen LogP contribution in [-0.4, -0.2) is 52.2 Å². The Bertz CT molecular complexity index is 635. The van der Waals surface area contributed by atoms with Gasteiger partial charge >= 0.3 is 17.9 Å². The van der Waals surface area contributed by atoms with E-state index >= 15 is 0 Å². The standard InChI is InChI=1S/C14H14O9/c1-22-11-5-7(2-3-8(11)15)4-9(16)13(20)23-14(21)10(17)6-12(18)19/h2-3,5,10,15,17H,4,6H2,1H3,(H,18,19). The van der Waals surface area contributed by atoms with Crippen molar-refractivity contribution < 1.29 is 44.0 Å². The van der Waals surface area contributed by atoms with Crippen LogP contribution in [0, 0.1) is 0 Å². The van der Waals surface area contributed by atoms with Crippen LogP contribution in [0.2, 0.25) is 0 Å². The minimum Gasteiger partial charge on any atom is -0.504 e. The van der Waals surface area contributed by atoms with Crippen molar-refractivity contribution in [3.8, 4) is 11.5 Å². The number of carboxylic acids is 1. The molecule has 0 saturated heterocycles. The molecule has 0 aromatic heterocycles. The lowest BCUT2D eigenvalue weighted by atomic mass is 10.1. The molecule has 23 heavy (non-hydrogen) atoms. The summed E-state index contributed by atoms with van der Waals surface area (Å²) in [5, 5.41) is 26.9. The summed E-state index contributed by atoms with van der Waals surface area (Å²) in [5.74, 6) is -5.66. The van der Waals surface area contributed by atoms with E-state index in [-0.39, 0.29) is 11.5 Å². The molecule has 9 heteroatoms. The lowest BCUT2D eigenvalue weighted by molar-refractivity contribution is -0.170. The van der Waals surface area contributed by atoms with Crippen LogP contribution >= 0.6 is 0 Å². The van der Waals surface area contributed by atoms with E-state index in [9.17, 15) is 24.3 Å². The number of benzene rings is 1. The van der Waals surface area contributed by atoms with Crippen LogP contribution in [0.1, 0.15) is 12.0 Å². The third kappa shape index (κ3) is 5.40. The highest BCUT2D eigenvalue weighted by Gasteiger charge is 2.26. The molecular weight excluding hydrogens is 312 g/mol. The molecular formula is C14H14O9. The van der Waals surface area contributed by atoms with Gasteiger partial charge in [-0.3, -0.25) is 9.59 Å². The number of ketones is 1. The first-order valence-electron chi connectivity index (χ1n) is 6.29. The number of carbonyl (C=O) groups excluding carboxylic acids is 3. The Labute approximate surface area is 130 Å². The number of rotatable bonds is 7. The number of phenolic OH excluding ortho intramolecular Hbond substituents is 1. The van der Waals surface area contributed by atoms with Crippen LogP contribution in [0.25, 0.3) is 0 Å². The molecule has 1 aromatic carbocycles. The summed E-state index contributed by atoms with van der Waals surface area (Å²) in [6.45, 7) is 0. The van der Waals surface area contributed by atoms with E-state index < -0.39 is 42.6 Å². The average Bonchev–Trinajstić information content (AvgIpc) is 2.48. The Morgan fingerprint density at radius 2 is 1.87 bits per heavy atom. The molecule has 0 saturated carbocycles. The molecule has 0 aliphatic rings. The molecule has 1 atom stereocenters. The van der Waals surface area contributed by atoms with E-state index in [0.29, 0.717) is 5.56 Å². The Morgan fingerprint density at radius 3 is 2.43 bits per heavy atom. The van der Waals surface area contributed by atoms with Gasteiger partial charge in [-0.2, -0.15) is 0 Å². The van der Waals surface area contributed by atoms with Gasteiger partial charge in [-0.1, -0.05) is 6.07 Å². The Kier molecular flexibility index (Phi) is 6.22. The third-order valence-corrected chi connectivity index (χ3v) is 2.67. The number of aromatic hydroxyl groups is 1. The largest absolute Gasteiger partial charge is 0.504 e. The van der Waals surface area contributed by atoms with Gasteiger partial charge in [-0.25, -0.2) is 9.59 Å². The molecule has 0 bridgehead atoms. The lowest BCUT2D eigenvalue weighted by Gasteiger charge is -2.08. The number of methoxy groups -OCH3 is 1. The lowest BCUT2D eigenvalue weighted by Crippen LogP contribution is -2.31. The van der Waals surface area contributed by atoms with Gasteiger partial charge in [0.2, 0.25) is 5.78 Å². The maximum Gasteiger partial charge on any atom is 0.382 e. The summed E-state index contributed by atoms with van der Waals surface area (Å²) in [4.78, 5) is 44.6. The molecule has 0 spiro atoms. The van der Waals surface area contributed by atoms with Crippen LogP contribution in [0.5, 0.6) is 11.5 Å². The summed E-state index contributed by atoms with van der Waals surface area (Å²) in [5.41, 5.74) is 0.320. The molecule has 1 rings (SSSR count). The molecule has 0 radical (unpaired) electrons. The van der Waals surface area contributed by atoms with Crippen LogP contribution in [-0.2, 0) is 30.3 Å². The number of aliphatic carboxylic acids is 1. The number of ether oxygens (including phenoxy) is 2. The van der Waals surface area contributed by atoms with E-state index in [1.807, 2.05) is 0 Å². The van der Waals surface area contributed by atoms with Crippen molar-refractivity contribution in [1.29, 1.82) is 0 Å². The number of carbonyl (C=O) groups is 4. The third-order valence-electron chi connectivity index (χ3n) is 2.67. The average molecular weight is 326 g/mol. The minimum absolute atomic E-state index is 0.0941. The summed E-state index contributed by atoms with van der Waals surface area (Å²) >= 11 is 0. The monoisotopic (exact) mass is 326 g/mol. The molecule has 3 N–H and O–H groups in total. The zero-order chi connectivity index (χ0) is 17.6. The molecule has 0 amide bonds. The van der Waals surface area contributed by atoms with Crippen molar-refractivity contribution in [2.75, 3.05) is 7.11 Å². The summed E-state index contributed by atoms with van der Waals surface area (Å²) in [6.07, 6.45) is -3.43. The van der Waals surface area contributed by atoms with Crippen LogP contribution in [0.3, 0.4) is 0 Å². The predicted molar refractivity (Wildman–Crippen MR) is 72.7 cm³/mol. The van der Waals surface area contributed by atoms with Crippen molar-refractivity contribution in [3.63, 3.8) is 0 Å². The maximum absolute atomic E-state index is 11.6. The van der Waals surface area contributed by atoms with Crippen molar-refractivity contribution in [3.05, 3.63) is 23.8 Å². The second-order valence-electron chi connectivity index (χ2n) is 4.43. The van der Waals surface area contributed by atoms with E-state index in [1.165, 1.54) is 25.3 Å². The quantitative estimate of drug-likeness (QED) is 0.340. The number of hydrogen-bond acceptors (Lipinski definition) is 8. The van der Waals surface area contributed by atoms with E-state index in [4.69, 9.17) is 14.9 Å². The molecule has 0 fully saturated rings. The number of aliphatic hydroxyl groups excluding tert-OH is 1. The highest BCUT2D eigenvalue weighted by Crippen LogP contribution is 2.26. The van der Waals surface area contributed by atoms with Gasteiger partial charge in [-0.05, 0) is 17.7 Å². The van der Waals surface area contributed by atoms with E-state index in [1.54, 1.807) is 0 Å². The van der Waals surface area contributed by atoms with Crippen LogP contribution < -0.4 is 4.74 Å². The molecule has 124 valence electrons. The zero-order valence-corrected chi connectivity index (χ0v) is 12.0. The molecule has 0 aliphatic heterocycles. The molecule has 9 nitrogen and oxygen atoms in total. The number of aliphatic hydroxyl groups is 1. The number of esters is 2. The van der Waals surface area contributed by atoms with Gasteiger partial charge < -0.3 is 24.8 Å². The Balaban J connectivity index is 2.65. The van der Waals surface area contributed by atoms with Gasteiger partial charge in [0.1, 0.15) is 0 Å². The second-order valence-corrected chi connectivity index (χ2v) is 4.43. The molecule has 1 aromatic rings. The fraction of sp³-hybridized carbons (Fsp3) is 0.286. The van der Waals surface area contributed by atoms with Crippen LogP contribution in [0.4, 0.5) is 0 Å². The van der Waals surface area contributed by atoms with Crippen molar-refractivity contribution in [1.82, 2.24) is 0 Å². The van der Waals surface area contributed by atoms with Gasteiger partial charge in [0.25, 0.3) is 0 Å². The highest BCUT2D eigenvalue weighted by molar-refractivity contribution is 6.35. The summed E-state index contributed by atoms with van der Waals surface area (Å²) in [7, 11) is 1.30. The first-order chi connectivity index (χ1) is 10.7. The fourth-order valence-electron chi connectivity index (χ4n) is 1.55. The van der Waals surface area contributed by atoms with Gasteiger partial charge in [0, 0.05) is 6.42 Å². The molecule has 0 aliphatic carbocycles. The highest BCUT2D eigenvalue weighted by atomic mass is 16.6. The minimum atomic E-state index is -2.04. The smallest absolute Gasteiger partial charge is 0.382 e. The summed E-state index contributed by atoms with van der Waals surface area (Å²) in [6, 6.07) is 3.94. The van der Waals surface area contributed by atoms with Crippen LogP contribution in [0.15, 0.2) is 18.2 Å². The number of hydrogen-bond donors (Lipinski definition) is 3. The Morgan fingerprint density at radius 1 is 1.22 bits per heavy atom. The first kappa shape index (κ1) is 18.1. The second kappa shape index (κ2) is 7.90. The van der Waals surface area contributed by atoms with E-state index in [0.717, 1.165) is 0 Å². The zero-order valence-electron chi connectivity index (χ0n) is 12.0. The fourth-order valence-corrected chi connectivity index (χ4v) is 1.55. The molecule has 0 heterocycles. The van der Waals surface area contributed by atoms with Crippen molar-refractivity contribution in [2.45, 2.75) is 18.9 Å². The normalized spacial score (nSPS) is 11.4. The van der Waals surface area contributed by atoms with Crippen molar-refractivity contribution >= 4 is 23.7 Å². The molecule has 1 unspecified atom stereocenters. The number of Topliss-reactive ketones (excluding diaryl/α,β-unsaturated/α-hetero) is 1. The summed E-state index contributed by atoms with van der Waals surface area (Å²) < 4.78 is 8.95.